The van der Waals surface area contributed by atoms with Crippen LogP contribution in [0.25, 0.3) is 0 Å². The third-order valence-electron chi connectivity index (χ3n) is 6.23. The molecule has 1 heterocycles. The van der Waals surface area contributed by atoms with E-state index in [0.717, 1.165) is 26.2 Å². The Morgan fingerprint density at radius 1 is 0.882 bits per heavy atom. The maximum absolute atomic E-state index is 13.7. The fraction of sp³-hybridized carbons (Fsp3) is 0.259. The number of nitrogens with two attached hydrogens (primary N) is 1. The molecular formula is C27H30N4O3. The lowest BCUT2D eigenvalue weighted by atomic mass is 10.0. The number of nitrogens with one attached hydrogen (secondary N) is 1. The normalized spacial score (nSPS) is 14.9. The molecule has 1 unspecified atom stereocenters. The van der Waals surface area contributed by atoms with Crippen molar-refractivity contribution in [3.05, 3.63) is 90.0 Å². The molecule has 0 spiro atoms. The first kappa shape index (κ1) is 23.3. The molecular weight excluding hydrogens is 428 g/mol. The number of anilines is 2. The van der Waals surface area contributed by atoms with E-state index < -0.39 is 11.9 Å². The summed E-state index contributed by atoms with van der Waals surface area (Å²) >= 11 is 0. The minimum Gasteiger partial charge on any atom is -0.496 e. The highest BCUT2D eigenvalue weighted by atomic mass is 16.5. The average Bonchev–Trinajstić information content (AvgIpc) is 2.89. The zero-order valence-corrected chi connectivity index (χ0v) is 19.3. The first-order valence-electron chi connectivity index (χ1n) is 11.4. The van der Waals surface area contributed by atoms with E-state index in [0.29, 0.717) is 29.1 Å². The molecule has 0 saturated carbocycles. The van der Waals surface area contributed by atoms with Gasteiger partial charge >= 0.3 is 0 Å². The third kappa shape index (κ3) is 5.21. The quantitative estimate of drug-likeness (QED) is 0.479. The number of piperazine rings is 1. The van der Waals surface area contributed by atoms with Crippen LogP contribution in [-0.2, 0) is 0 Å². The first-order chi connectivity index (χ1) is 16.6. The van der Waals surface area contributed by atoms with Crippen molar-refractivity contribution >= 4 is 23.1 Å². The van der Waals surface area contributed by atoms with Crippen molar-refractivity contribution in [1.82, 2.24) is 4.90 Å². The molecule has 1 aliphatic rings. The number of para-hydroxylation sites is 3. The number of primary amides is 1. The number of carbonyl (C=O) groups excluding carboxylic acids is 2. The number of nitrogens with zero attached hydrogens (tertiary/aromatic N) is 2. The summed E-state index contributed by atoms with van der Waals surface area (Å²) in [5.41, 5.74) is 8.30. The van der Waals surface area contributed by atoms with Crippen LogP contribution in [0.4, 0.5) is 11.4 Å². The van der Waals surface area contributed by atoms with Gasteiger partial charge in [0.2, 0.25) is 0 Å². The summed E-state index contributed by atoms with van der Waals surface area (Å²) in [6.07, 6.45) is 0. The third-order valence-corrected chi connectivity index (χ3v) is 6.23. The van der Waals surface area contributed by atoms with Gasteiger partial charge in [0.15, 0.2) is 5.78 Å². The van der Waals surface area contributed by atoms with Gasteiger partial charge in [-0.25, -0.2) is 0 Å². The number of hydrogen-bond acceptors (Lipinski definition) is 6. The highest BCUT2D eigenvalue weighted by Crippen LogP contribution is 2.24. The van der Waals surface area contributed by atoms with Crippen LogP contribution in [-0.4, -0.2) is 62.5 Å². The Labute approximate surface area is 200 Å². The minimum atomic E-state index is -0.507. The Balaban J connectivity index is 1.56. The average molecular weight is 459 g/mol. The summed E-state index contributed by atoms with van der Waals surface area (Å²) in [6.45, 7) is 3.45. The van der Waals surface area contributed by atoms with Crippen molar-refractivity contribution in [3.8, 4) is 5.75 Å². The first-order valence-corrected chi connectivity index (χ1v) is 11.4. The molecule has 1 atom stereocenters. The van der Waals surface area contributed by atoms with E-state index in [9.17, 15) is 9.59 Å². The SMILES string of the molecule is COc1ccccc1C(=O)C(CNc1ccccc1C(N)=O)N1CCN(c2ccccc2)CC1. The maximum Gasteiger partial charge on any atom is 0.250 e. The standard InChI is InChI=1S/C27H30N4O3/c1-34-25-14-8-6-12-22(25)26(32)24(19-29-23-13-7-5-11-21(23)27(28)33)31-17-15-30(16-18-31)20-9-3-2-4-10-20/h2-14,24,29H,15-19H2,1H3,(H2,28,33). The molecule has 0 aliphatic carbocycles. The van der Waals surface area contributed by atoms with E-state index in [4.69, 9.17) is 10.5 Å². The molecule has 0 radical (unpaired) electrons. The van der Waals surface area contributed by atoms with Crippen LogP contribution in [0.3, 0.4) is 0 Å². The van der Waals surface area contributed by atoms with Crippen molar-refractivity contribution in [2.24, 2.45) is 5.73 Å². The van der Waals surface area contributed by atoms with E-state index in [1.165, 1.54) is 5.69 Å². The number of benzene rings is 3. The molecule has 176 valence electrons. The van der Waals surface area contributed by atoms with Gasteiger partial charge < -0.3 is 20.7 Å². The topological polar surface area (TPSA) is 87.9 Å². The molecule has 3 aromatic rings. The predicted molar refractivity (Wildman–Crippen MR) is 135 cm³/mol. The van der Waals surface area contributed by atoms with E-state index in [1.807, 2.05) is 36.4 Å². The summed E-state index contributed by atoms with van der Waals surface area (Å²) in [6, 6.07) is 24.2. The van der Waals surface area contributed by atoms with Crippen molar-refractivity contribution in [3.63, 3.8) is 0 Å². The van der Waals surface area contributed by atoms with Gasteiger partial charge in [-0.2, -0.15) is 0 Å². The Morgan fingerprint density at radius 3 is 2.18 bits per heavy atom. The summed E-state index contributed by atoms with van der Waals surface area (Å²) in [7, 11) is 1.57. The van der Waals surface area contributed by atoms with Gasteiger partial charge in [0, 0.05) is 44.1 Å². The molecule has 1 amide bonds. The van der Waals surface area contributed by atoms with Crippen molar-refractivity contribution < 1.29 is 14.3 Å². The highest BCUT2D eigenvalue weighted by Gasteiger charge is 2.31. The summed E-state index contributed by atoms with van der Waals surface area (Å²) in [5, 5.41) is 3.31. The summed E-state index contributed by atoms with van der Waals surface area (Å²) < 4.78 is 5.46. The zero-order valence-electron chi connectivity index (χ0n) is 19.3. The Kier molecular flexibility index (Phi) is 7.44. The van der Waals surface area contributed by atoms with Gasteiger partial charge in [-0.3, -0.25) is 14.5 Å². The Hall–Kier alpha value is -3.84. The van der Waals surface area contributed by atoms with Crippen LogP contribution in [0.1, 0.15) is 20.7 Å². The number of Topliss-reactive ketones (excluding diaryl/α,β-unsaturated/α-hetero) is 1. The van der Waals surface area contributed by atoms with Crippen LogP contribution < -0.4 is 20.7 Å². The second-order valence-corrected chi connectivity index (χ2v) is 8.23. The molecule has 3 N–H and O–H groups in total. The second-order valence-electron chi connectivity index (χ2n) is 8.23. The van der Waals surface area contributed by atoms with Gasteiger partial charge in [-0.15, -0.1) is 0 Å². The molecule has 0 aromatic heterocycles. The molecule has 1 fully saturated rings. The van der Waals surface area contributed by atoms with Gasteiger partial charge in [0.25, 0.3) is 5.91 Å². The van der Waals surface area contributed by atoms with Crippen LogP contribution in [0.2, 0.25) is 0 Å². The molecule has 1 aliphatic heterocycles. The molecule has 4 rings (SSSR count). The molecule has 0 bridgehead atoms. The van der Waals surface area contributed by atoms with Crippen LogP contribution in [0, 0.1) is 0 Å². The maximum atomic E-state index is 13.7. The van der Waals surface area contributed by atoms with Crippen LogP contribution >= 0.6 is 0 Å². The number of ketones is 1. The highest BCUT2D eigenvalue weighted by molar-refractivity contribution is 6.03. The number of hydrogen-bond donors (Lipinski definition) is 2. The molecule has 7 nitrogen and oxygen atoms in total. The van der Waals surface area contributed by atoms with E-state index in [2.05, 4.69) is 27.2 Å². The van der Waals surface area contributed by atoms with Crippen LogP contribution in [0.15, 0.2) is 78.9 Å². The molecule has 7 heteroatoms. The number of carbonyl (C=O) groups is 2. The largest absolute Gasteiger partial charge is 0.496 e. The molecule has 34 heavy (non-hydrogen) atoms. The van der Waals surface area contributed by atoms with E-state index in [-0.39, 0.29) is 5.78 Å². The van der Waals surface area contributed by atoms with Crippen molar-refractivity contribution in [2.75, 3.05) is 50.1 Å². The minimum absolute atomic E-state index is 0.0188. The van der Waals surface area contributed by atoms with Gasteiger partial charge in [-0.1, -0.05) is 42.5 Å². The smallest absolute Gasteiger partial charge is 0.250 e. The summed E-state index contributed by atoms with van der Waals surface area (Å²) in [4.78, 5) is 30.1. The Bertz CT molecular complexity index is 1130. The van der Waals surface area contributed by atoms with Crippen LogP contribution in [0.5, 0.6) is 5.75 Å². The van der Waals surface area contributed by atoms with Gasteiger partial charge in [0.05, 0.1) is 24.3 Å². The summed E-state index contributed by atoms with van der Waals surface area (Å²) in [5.74, 6) is 0.0276. The second kappa shape index (κ2) is 10.9. The number of amides is 1. The fourth-order valence-corrected chi connectivity index (χ4v) is 4.40. The lowest BCUT2D eigenvalue weighted by Crippen LogP contribution is -2.55. The van der Waals surface area contributed by atoms with Gasteiger partial charge in [0.1, 0.15) is 5.75 Å². The zero-order chi connectivity index (χ0) is 23.9. The lowest BCUT2D eigenvalue weighted by Gasteiger charge is -2.40. The number of methoxy groups -OCH3 is 1. The van der Waals surface area contributed by atoms with E-state index >= 15 is 0 Å². The monoisotopic (exact) mass is 458 g/mol. The number of rotatable bonds is 9. The Morgan fingerprint density at radius 2 is 1.50 bits per heavy atom. The van der Waals surface area contributed by atoms with Crippen molar-refractivity contribution in [2.45, 2.75) is 6.04 Å². The van der Waals surface area contributed by atoms with Gasteiger partial charge in [-0.05, 0) is 36.4 Å². The lowest BCUT2D eigenvalue weighted by molar-refractivity contribution is 0.0819. The molecule has 3 aromatic carbocycles. The predicted octanol–water partition coefficient (Wildman–Crippen LogP) is 3.28. The molecule has 1 saturated heterocycles. The number of ether oxygens (including phenoxy) is 1. The fourth-order valence-electron chi connectivity index (χ4n) is 4.40. The van der Waals surface area contributed by atoms with Crippen molar-refractivity contribution in [1.29, 1.82) is 0 Å². The van der Waals surface area contributed by atoms with E-state index in [1.54, 1.807) is 37.4 Å².